The van der Waals surface area contributed by atoms with Gasteiger partial charge in [-0.2, -0.15) is 0 Å². The van der Waals surface area contributed by atoms with Crippen molar-refractivity contribution < 1.29 is 0 Å². The van der Waals surface area contributed by atoms with Crippen LogP contribution in [0.1, 0.15) is 23.1 Å². The zero-order valence-electron chi connectivity index (χ0n) is 9.70. The highest BCUT2D eigenvalue weighted by atomic mass is 32.1. The van der Waals surface area contributed by atoms with E-state index < -0.39 is 0 Å². The number of thiol groups is 1. The topological polar surface area (TPSA) is 0 Å². The van der Waals surface area contributed by atoms with E-state index in [4.69, 9.17) is 0 Å². The number of hydrogen-bond acceptors (Lipinski definition) is 1. The molecule has 82 valence electrons. The van der Waals surface area contributed by atoms with Crippen molar-refractivity contribution in [2.45, 2.75) is 25.2 Å². The predicted molar refractivity (Wildman–Crippen MR) is 74.0 cm³/mol. The molecule has 0 amide bonds. The van der Waals surface area contributed by atoms with Crippen LogP contribution in [0, 0.1) is 13.8 Å². The summed E-state index contributed by atoms with van der Waals surface area (Å²) in [6, 6.07) is 4.20. The molecule has 0 N–H and O–H groups in total. The molecule has 0 saturated carbocycles. The van der Waals surface area contributed by atoms with Crippen LogP contribution in [0.4, 0.5) is 0 Å². The maximum atomic E-state index is 4.56. The van der Waals surface area contributed by atoms with Crippen LogP contribution in [0.5, 0.6) is 0 Å². The molecule has 1 heteroatoms. The van der Waals surface area contributed by atoms with E-state index in [0.29, 0.717) is 0 Å². The molecule has 0 aromatic heterocycles. The molecule has 0 unspecified atom stereocenters. The summed E-state index contributed by atoms with van der Waals surface area (Å²) in [5.74, 6) is 0. The van der Waals surface area contributed by atoms with Crippen LogP contribution >= 0.6 is 12.6 Å². The third kappa shape index (κ3) is 2.14. The van der Waals surface area contributed by atoms with Crippen molar-refractivity contribution in [3.63, 3.8) is 0 Å². The van der Waals surface area contributed by atoms with Gasteiger partial charge in [0.2, 0.25) is 0 Å². The van der Waals surface area contributed by atoms with Crippen LogP contribution in [0.25, 0.3) is 5.57 Å². The minimum atomic E-state index is 1.01. The second-order valence-electron chi connectivity index (χ2n) is 4.09. The van der Waals surface area contributed by atoms with Crippen molar-refractivity contribution in [3.8, 4) is 0 Å². The molecule has 0 saturated heterocycles. The van der Waals surface area contributed by atoms with Gasteiger partial charge < -0.3 is 0 Å². The quantitative estimate of drug-likeness (QED) is 0.673. The summed E-state index contributed by atoms with van der Waals surface area (Å²) in [5, 5.41) is 0. The molecule has 0 radical (unpaired) electrons. The molecule has 0 aliphatic heterocycles. The van der Waals surface area contributed by atoms with Crippen molar-refractivity contribution in [1.29, 1.82) is 0 Å². The Morgan fingerprint density at radius 1 is 1.12 bits per heavy atom. The maximum absolute atomic E-state index is 4.56. The zero-order chi connectivity index (χ0) is 11.5. The first-order valence-electron chi connectivity index (χ1n) is 5.53. The summed E-state index contributed by atoms with van der Waals surface area (Å²) in [6.07, 6.45) is 11.8. The van der Waals surface area contributed by atoms with E-state index in [-0.39, 0.29) is 0 Å². The van der Waals surface area contributed by atoms with Gasteiger partial charge in [0.05, 0.1) is 0 Å². The summed E-state index contributed by atoms with van der Waals surface area (Å²) in [7, 11) is 0. The van der Waals surface area contributed by atoms with Gasteiger partial charge in [-0.05, 0) is 48.6 Å². The maximum Gasteiger partial charge on any atom is 0.0121 e. The fraction of sp³-hybridized carbons (Fsp3) is 0.200. The lowest BCUT2D eigenvalue weighted by molar-refractivity contribution is 1.25. The summed E-state index contributed by atoms with van der Waals surface area (Å²) in [4.78, 5) is 1.05. The van der Waals surface area contributed by atoms with Crippen LogP contribution < -0.4 is 0 Å². The fourth-order valence-electron chi connectivity index (χ4n) is 1.91. The Labute approximate surface area is 103 Å². The Bertz CT molecular complexity index is 490. The van der Waals surface area contributed by atoms with E-state index in [9.17, 15) is 0 Å². The van der Waals surface area contributed by atoms with E-state index in [0.717, 1.165) is 11.3 Å². The van der Waals surface area contributed by atoms with Gasteiger partial charge in [-0.15, -0.1) is 12.6 Å². The second-order valence-corrected chi connectivity index (χ2v) is 4.57. The van der Waals surface area contributed by atoms with E-state index in [2.05, 4.69) is 69.0 Å². The molecule has 0 nitrogen and oxygen atoms in total. The lowest BCUT2D eigenvalue weighted by atomic mass is 9.96. The monoisotopic (exact) mass is 228 g/mol. The average molecular weight is 228 g/mol. The van der Waals surface area contributed by atoms with Crippen LogP contribution in [-0.4, -0.2) is 0 Å². The van der Waals surface area contributed by atoms with Crippen molar-refractivity contribution >= 4 is 18.2 Å². The third-order valence-corrected chi connectivity index (χ3v) is 3.36. The fourth-order valence-corrected chi connectivity index (χ4v) is 2.28. The van der Waals surface area contributed by atoms with E-state index in [1.54, 1.807) is 0 Å². The van der Waals surface area contributed by atoms with E-state index in [1.807, 2.05) is 0 Å². The minimum absolute atomic E-state index is 1.01. The molecule has 0 atom stereocenters. The van der Waals surface area contributed by atoms with Gasteiger partial charge in [-0.3, -0.25) is 0 Å². The zero-order valence-corrected chi connectivity index (χ0v) is 10.6. The van der Waals surface area contributed by atoms with Gasteiger partial charge in [0.15, 0.2) is 0 Å². The smallest absolute Gasteiger partial charge is 0.0121 e. The van der Waals surface area contributed by atoms with Crippen LogP contribution in [0.15, 0.2) is 47.4 Å². The summed E-state index contributed by atoms with van der Waals surface area (Å²) in [6.45, 7) is 4.30. The lowest BCUT2D eigenvalue weighted by Gasteiger charge is -2.12. The summed E-state index contributed by atoms with van der Waals surface area (Å²) in [5.41, 5.74) is 5.14. The first-order chi connectivity index (χ1) is 7.70. The molecular formula is C15H16S. The standard InChI is InChI=1S/C15H16S/c1-11-9-10-14(16)15(12(11)2)13-7-5-3-4-6-8-13/h3,5-10,16H,4H2,1-2H3. The van der Waals surface area contributed by atoms with Gasteiger partial charge in [-0.25, -0.2) is 0 Å². The number of rotatable bonds is 1. The molecule has 1 aromatic rings. The highest BCUT2D eigenvalue weighted by Crippen LogP contribution is 2.29. The molecule has 1 aromatic carbocycles. The van der Waals surface area contributed by atoms with Crippen molar-refractivity contribution in [2.75, 3.05) is 0 Å². The van der Waals surface area contributed by atoms with E-state index in [1.165, 1.54) is 22.3 Å². The molecule has 1 aliphatic rings. The van der Waals surface area contributed by atoms with Crippen LogP contribution in [0.2, 0.25) is 0 Å². The second kappa shape index (κ2) is 4.75. The highest BCUT2D eigenvalue weighted by molar-refractivity contribution is 7.80. The highest BCUT2D eigenvalue weighted by Gasteiger charge is 2.08. The Hall–Kier alpha value is -1.21. The van der Waals surface area contributed by atoms with Crippen LogP contribution in [0.3, 0.4) is 0 Å². The van der Waals surface area contributed by atoms with Gasteiger partial charge in [0.25, 0.3) is 0 Å². The molecule has 0 bridgehead atoms. The lowest BCUT2D eigenvalue weighted by Crippen LogP contribution is -1.92. The Balaban J connectivity index is 2.59. The molecule has 0 heterocycles. The first kappa shape index (κ1) is 11.3. The van der Waals surface area contributed by atoms with Gasteiger partial charge >= 0.3 is 0 Å². The average Bonchev–Trinajstić information content (AvgIpc) is 2.53. The molecule has 0 spiro atoms. The number of benzene rings is 1. The molecule has 1 aliphatic carbocycles. The number of aryl methyl sites for hydroxylation is 1. The van der Waals surface area contributed by atoms with E-state index >= 15 is 0 Å². The summed E-state index contributed by atoms with van der Waals surface area (Å²) >= 11 is 4.56. The van der Waals surface area contributed by atoms with Crippen molar-refractivity contribution in [2.24, 2.45) is 0 Å². The molecule has 2 rings (SSSR count). The SMILES string of the molecule is Cc1ccc(S)c(C2=CC=CCC=C2)c1C. The molecule has 16 heavy (non-hydrogen) atoms. The number of allylic oxidation sites excluding steroid dienone is 6. The van der Waals surface area contributed by atoms with Crippen LogP contribution in [-0.2, 0) is 0 Å². The normalized spacial score (nSPS) is 14.8. The largest absolute Gasteiger partial charge is 0.143 e. The summed E-state index contributed by atoms with van der Waals surface area (Å²) < 4.78 is 0. The van der Waals surface area contributed by atoms with Gasteiger partial charge in [0.1, 0.15) is 0 Å². The van der Waals surface area contributed by atoms with Gasteiger partial charge in [0, 0.05) is 4.90 Å². The Morgan fingerprint density at radius 3 is 2.75 bits per heavy atom. The number of hydrogen-bond donors (Lipinski definition) is 1. The minimum Gasteiger partial charge on any atom is -0.143 e. The molecular weight excluding hydrogens is 212 g/mol. The van der Waals surface area contributed by atoms with Crippen molar-refractivity contribution in [3.05, 3.63) is 59.2 Å². The van der Waals surface area contributed by atoms with Crippen molar-refractivity contribution in [1.82, 2.24) is 0 Å². The first-order valence-corrected chi connectivity index (χ1v) is 5.98. The Kier molecular flexibility index (Phi) is 3.35. The molecule has 0 fully saturated rings. The Morgan fingerprint density at radius 2 is 1.94 bits per heavy atom. The predicted octanol–water partition coefficient (Wildman–Crippen LogP) is 4.49. The van der Waals surface area contributed by atoms with Gasteiger partial charge in [-0.1, -0.05) is 36.4 Å². The third-order valence-electron chi connectivity index (χ3n) is 2.98.